The molecule has 3 N–H and O–H groups in total. The Kier molecular flexibility index (Phi) is 3.61. The van der Waals surface area contributed by atoms with Crippen molar-refractivity contribution in [3.63, 3.8) is 0 Å². The zero-order valence-electron chi connectivity index (χ0n) is 10.1. The van der Waals surface area contributed by atoms with Gasteiger partial charge < -0.3 is 11.1 Å². The Morgan fingerprint density at radius 1 is 1.39 bits per heavy atom. The number of nitrogen functional groups attached to an aromatic ring is 1. The zero-order chi connectivity index (χ0) is 13.1. The third kappa shape index (κ3) is 2.86. The van der Waals surface area contributed by atoms with Gasteiger partial charge in [0.1, 0.15) is 0 Å². The lowest BCUT2D eigenvalue weighted by Gasteiger charge is -2.03. The van der Waals surface area contributed by atoms with Gasteiger partial charge in [-0.1, -0.05) is 25.4 Å². The van der Waals surface area contributed by atoms with Crippen molar-refractivity contribution in [3.8, 4) is 5.82 Å². The molecule has 0 bridgehead atoms. The van der Waals surface area contributed by atoms with Gasteiger partial charge >= 0.3 is 0 Å². The molecule has 2 aromatic heterocycles. The lowest BCUT2D eigenvalue weighted by molar-refractivity contribution is 0.683. The van der Waals surface area contributed by atoms with Crippen LogP contribution in [-0.2, 0) is 0 Å². The van der Waals surface area contributed by atoms with Crippen molar-refractivity contribution in [2.45, 2.75) is 13.8 Å². The van der Waals surface area contributed by atoms with Gasteiger partial charge in [0.15, 0.2) is 11.0 Å². The fraction of sp³-hybridized carbons (Fsp3) is 0.400. The second kappa shape index (κ2) is 5.18. The first-order chi connectivity index (χ1) is 8.56. The molecule has 96 valence electrons. The van der Waals surface area contributed by atoms with E-state index in [9.17, 15) is 0 Å². The van der Waals surface area contributed by atoms with Crippen molar-refractivity contribution in [2.24, 2.45) is 5.92 Å². The van der Waals surface area contributed by atoms with E-state index >= 15 is 0 Å². The Balaban J connectivity index is 2.21. The van der Waals surface area contributed by atoms with Gasteiger partial charge in [0.05, 0.1) is 0 Å². The second-order valence-electron chi connectivity index (χ2n) is 4.19. The van der Waals surface area contributed by atoms with Crippen LogP contribution in [0.4, 0.5) is 11.9 Å². The van der Waals surface area contributed by atoms with Gasteiger partial charge in [0, 0.05) is 6.54 Å². The predicted molar refractivity (Wildman–Crippen MR) is 69.7 cm³/mol. The lowest BCUT2D eigenvalue weighted by atomic mass is 10.2. The van der Waals surface area contributed by atoms with Gasteiger partial charge in [0.2, 0.25) is 11.9 Å². The lowest BCUT2D eigenvalue weighted by Crippen LogP contribution is -2.09. The van der Waals surface area contributed by atoms with E-state index in [2.05, 4.69) is 39.4 Å². The molecule has 0 fully saturated rings. The van der Waals surface area contributed by atoms with E-state index in [0.717, 1.165) is 6.54 Å². The van der Waals surface area contributed by atoms with E-state index in [1.165, 1.54) is 4.68 Å². The molecule has 2 heterocycles. The van der Waals surface area contributed by atoms with Crippen molar-refractivity contribution < 1.29 is 0 Å². The Morgan fingerprint density at radius 2 is 2.17 bits per heavy atom. The summed E-state index contributed by atoms with van der Waals surface area (Å²) in [7, 11) is 0. The third-order valence-electron chi connectivity index (χ3n) is 2.14. The minimum Gasteiger partial charge on any atom is -0.368 e. The van der Waals surface area contributed by atoms with Crippen LogP contribution in [0.5, 0.6) is 0 Å². The van der Waals surface area contributed by atoms with Crippen molar-refractivity contribution in [2.75, 3.05) is 17.6 Å². The van der Waals surface area contributed by atoms with Crippen LogP contribution < -0.4 is 11.1 Å². The van der Waals surface area contributed by atoms with Crippen LogP contribution >= 0.6 is 11.6 Å². The minimum absolute atomic E-state index is 0.248. The molecule has 18 heavy (non-hydrogen) atoms. The second-order valence-corrected chi connectivity index (χ2v) is 4.58. The molecule has 0 unspecified atom stereocenters. The molecule has 0 radical (unpaired) electrons. The minimum atomic E-state index is 0.248. The number of nitrogens with two attached hydrogens (primary N) is 1. The van der Waals surface area contributed by atoms with Gasteiger partial charge in [0.25, 0.3) is 0 Å². The highest BCUT2D eigenvalue weighted by molar-refractivity contribution is 6.29. The molecule has 2 rings (SSSR count). The SMILES string of the molecule is CC(C)CNc1nc(N)n(-c2ccc(Cl)nn2)n1. The molecule has 8 heteroatoms. The highest BCUT2D eigenvalue weighted by Crippen LogP contribution is 2.12. The zero-order valence-corrected chi connectivity index (χ0v) is 10.9. The molecule has 0 aliphatic rings. The first-order valence-corrected chi connectivity index (χ1v) is 5.90. The number of hydrogen-bond donors (Lipinski definition) is 2. The first-order valence-electron chi connectivity index (χ1n) is 5.52. The molecule has 0 aromatic carbocycles. The molecule has 7 nitrogen and oxygen atoms in total. The number of anilines is 2. The van der Waals surface area contributed by atoms with Crippen molar-refractivity contribution in [1.29, 1.82) is 0 Å². The number of aromatic nitrogens is 5. The largest absolute Gasteiger partial charge is 0.368 e. The standard InChI is InChI=1S/C10H14ClN7/c1-6(2)5-13-10-14-9(12)18(17-10)8-4-3-7(11)15-16-8/h3-4,6H,5H2,1-2H3,(H3,12,13,14,17). The first kappa shape index (κ1) is 12.6. The van der Waals surface area contributed by atoms with Crippen LogP contribution in [0.2, 0.25) is 5.15 Å². The average Bonchev–Trinajstić information content (AvgIpc) is 2.69. The van der Waals surface area contributed by atoms with E-state index in [1.807, 2.05) is 0 Å². The smallest absolute Gasteiger partial charge is 0.244 e. The molecular formula is C10H14ClN7. The Labute approximate surface area is 109 Å². The van der Waals surface area contributed by atoms with Crippen LogP contribution in [0.25, 0.3) is 5.82 Å². The summed E-state index contributed by atoms with van der Waals surface area (Å²) in [5, 5.41) is 15.2. The van der Waals surface area contributed by atoms with Crippen molar-refractivity contribution in [3.05, 3.63) is 17.3 Å². The van der Waals surface area contributed by atoms with Crippen LogP contribution in [-0.4, -0.2) is 31.5 Å². The van der Waals surface area contributed by atoms with Gasteiger partial charge in [-0.3, -0.25) is 0 Å². The summed E-state index contributed by atoms with van der Waals surface area (Å²) >= 11 is 5.67. The fourth-order valence-electron chi connectivity index (χ4n) is 1.28. The maximum atomic E-state index is 5.77. The van der Waals surface area contributed by atoms with Crippen LogP contribution in [0, 0.1) is 5.92 Å². The Bertz CT molecular complexity index is 520. The van der Waals surface area contributed by atoms with Crippen LogP contribution in [0.3, 0.4) is 0 Å². The van der Waals surface area contributed by atoms with Crippen LogP contribution in [0.15, 0.2) is 12.1 Å². The summed E-state index contributed by atoms with van der Waals surface area (Å²) in [5.41, 5.74) is 5.77. The highest BCUT2D eigenvalue weighted by atomic mass is 35.5. The summed E-state index contributed by atoms with van der Waals surface area (Å²) in [5.74, 6) is 1.69. The topological polar surface area (TPSA) is 94.5 Å². The summed E-state index contributed by atoms with van der Waals surface area (Å²) < 4.78 is 1.41. The maximum absolute atomic E-state index is 5.77. The number of halogens is 1. The molecule has 0 atom stereocenters. The fourth-order valence-corrected chi connectivity index (χ4v) is 1.39. The third-order valence-corrected chi connectivity index (χ3v) is 2.34. The van der Waals surface area contributed by atoms with Gasteiger partial charge in [-0.25, -0.2) is 0 Å². The summed E-state index contributed by atoms with van der Waals surface area (Å²) in [4.78, 5) is 4.10. The van der Waals surface area contributed by atoms with Gasteiger partial charge in [-0.15, -0.1) is 15.3 Å². The van der Waals surface area contributed by atoms with Crippen molar-refractivity contribution >= 4 is 23.5 Å². The number of nitrogens with zero attached hydrogens (tertiary/aromatic N) is 5. The van der Waals surface area contributed by atoms with Crippen LogP contribution in [0.1, 0.15) is 13.8 Å². The van der Waals surface area contributed by atoms with E-state index < -0.39 is 0 Å². The van der Waals surface area contributed by atoms with E-state index in [1.54, 1.807) is 12.1 Å². The Morgan fingerprint density at radius 3 is 2.78 bits per heavy atom. The molecule has 2 aromatic rings. The van der Waals surface area contributed by atoms with E-state index in [-0.39, 0.29) is 5.95 Å². The van der Waals surface area contributed by atoms with E-state index in [0.29, 0.717) is 22.8 Å². The molecule has 0 aliphatic heterocycles. The highest BCUT2D eigenvalue weighted by Gasteiger charge is 2.10. The maximum Gasteiger partial charge on any atom is 0.244 e. The molecule has 0 aliphatic carbocycles. The predicted octanol–water partition coefficient (Wildman–Crippen LogP) is 1.36. The summed E-state index contributed by atoms with van der Waals surface area (Å²) in [6, 6.07) is 3.29. The monoisotopic (exact) mass is 267 g/mol. The summed E-state index contributed by atoms with van der Waals surface area (Å²) in [6.45, 7) is 4.96. The normalized spacial score (nSPS) is 10.9. The Hall–Kier alpha value is -1.89. The number of nitrogens with one attached hydrogen (secondary N) is 1. The number of rotatable bonds is 4. The van der Waals surface area contributed by atoms with Gasteiger partial charge in [-0.2, -0.15) is 9.67 Å². The average molecular weight is 268 g/mol. The molecular weight excluding hydrogens is 254 g/mol. The molecule has 0 amide bonds. The van der Waals surface area contributed by atoms with E-state index in [4.69, 9.17) is 17.3 Å². The summed E-state index contributed by atoms with van der Waals surface area (Å²) in [6.07, 6.45) is 0. The number of hydrogen-bond acceptors (Lipinski definition) is 6. The molecule has 0 spiro atoms. The molecule has 0 saturated carbocycles. The van der Waals surface area contributed by atoms with Gasteiger partial charge in [-0.05, 0) is 18.1 Å². The quantitative estimate of drug-likeness (QED) is 0.869. The molecule has 0 saturated heterocycles. The van der Waals surface area contributed by atoms with Crippen molar-refractivity contribution in [1.82, 2.24) is 25.0 Å².